The standard InChI is InChI=1S/C15H19BrFNO2/c16-13-6-5-11(17)9-12(13)14(19)18-10-15(20)7-3-1-2-4-8-15/h5-6,9,20H,1-4,7-8,10H2,(H,18,19). The van der Waals surface area contributed by atoms with Crippen molar-refractivity contribution >= 4 is 21.8 Å². The summed E-state index contributed by atoms with van der Waals surface area (Å²) in [5.74, 6) is -0.819. The van der Waals surface area contributed by atoms with Crippen molar-refractivity contribution in [3.63, 3.8) is 0 Å². The van der Waals surface area contributed by atoms with E-state index in [0.29, 0.717) is 17.3 Å². The topological polar surface area (TPSA) is 49.3 Å². The van der Waals surface area contributed by atoms with Crippen LogP contribution < -0.4 is 5.32 Å². The van der Waals surface area contributed by atoms with Gasteiger partial charge in [0.25, 0.3) is 5.91 Å². The molecule has 1 amide bonds. The third-order valence-electron chi connectivity index (χ3n) is 3.79. The van der Waals surface area contributed by atoms with Gasteiger partial charge >= 0.3 is 0 Å². The Morgan fingerprint density at radius 1 is 1.30 bits per heavy atom. The van der Waals surface area contributed by atoms with Crippen molar-refractivity contribution in [1.29, 1.82) is 0 Å². The molecule has 1 aromatic carbocycles. The van der Waals surface area contributed by atoms with E-state index in [-0.39, 0.29) is 18.0 Å². The van der Waals surface area contributed by atoms with E-state index in [4.69, 9.17) is 0 Å². The second-order valence-corrected chi connectivity index (χ2v) is 6.30. The molecule has 0 atom stereocenters. The Morgan fingerprint density at radius 3 is 2.60 bits per heavy atom. The van der Waals surface area contributed by atoms with E-state index in [1.807, 2.05) is 0 Å². The number of nitrogens with one attached hydrogen (secondary N) is 1. The Bertz CT molecular complexity index is 485. The Kier molecular flexibility index (Phi) is 5.16. The summed E-state index contributed by atoms with van der Waals surface area (Å²) in [6.07, 6.45) is 5.64. The highest BCUT2D eigenvalue weighted by atomic mass is 79.9. The van der Waals surface area contributed by atoms with Crippen LogP contribution in [0.1, 0.15) is 48.9 Å². The molecule has 20 heavy (non-hydrogen) atoms. The van der Waals surface area contributed by atoms with Crippen molar-refractivity contribution in [1.82, 2.24) is 5.32 Å². The smallest absolute Gasteiger partial charge is 0.252 e. The summed E-state index contributed by atoms with van der Waals surface area (Å²) >= 11 is 3.23. The highest BCUT2D eigenvalue weighted by Gasteiger charge is 2.28. The Balaban J connectivity index is 1.99. The summed E-state index contributed by atoms with van der Waals surface area (Å²) in [4.78, 5) is 12.1. The van der Waals surface area contributed by atoms with Crippen LogP contribution in [0.2, 0.25) is 0 Å². The van der Waals surface area contributed by atoms with E-state index in [1.54, 1.807) is 0 Å². The van der Waals surface area contributed by atoms with Crippen LogP contribution in [0, 0.1) is 5.82 Å². The lowest BCUT2D eigenvalue weighted by atomic mass is 9.94. The fraction of sp³-hybridized carbons (Fsp3) is 0.533. The highest BCUT2D eigenvalue weighted by Crippen LogP contribution is 2.26. The monoisotopic (exact) mass is 343 g/mol. The van der Waals surface area contributed by atoms with Crippen LogP contribution in [0.5, 0.6) is 0 Å². The molecule has 0 spiro atoms. The van der Waals surface area contributed by atoms with E-state index < -0.39 is 11.4 Å². The number of hydrogen-bond donors (Lipinski definition) is 2. The summed E-state index contributed by atoms with van der Waals surface area (Å²) in [7, 11) is 0. The van der Waals surface area contributed by atoms with Gasteiger partial charge in [-0.3, -0.25) is 4.79 Å². The third-order valence-corrected chi connectivity index (χ3v) is 4.48. The highest BCUT2D eigenvalue weighted by molar-refractivity contribution is 9.10. The molecule has 0 aliphatic heterocycles. The van der Waals surface area contributed by atoms with E-state index in [9.17, 15) is 14.3 Å². The number of rotatable bonds is 3. The third kappa shape index (κ3) is 4.03. The molecular formula is C15H19BrFNO2. The van der Waals surface area contributed by atoms with Crippen molar-refractivity contribution in [3.05, 3.63) is 34.1 Å². The lowest BCUT2D eigenvalue weighted by Gasteiger charge is -2.26. The minimum Gasteiger partial charge on any atom is -0.388 e. The molecular weight excluding hydrogens is 325 g/mol. The number of hydrogen-bond acceptors (Lipinski definition) is 2. The number of benzene rings is 1. The molecule has 1 aliphatic rings. The zero-order valence-corrected chi connectivity index (χ0v) is 12.9. The lowest BCUT2D eigenvalue weighted by Crippen LogP contribution is -2.42. The summed E-state index contributed by atoms with van der Waals surface area (Å²) in [5.41, 5.74) is -0.575. The van der Waals surface area contributed by atoms with E-state index in [2.05, 4.69) is 21.2 Å². The van der Waals surface area contributed by atoms with Gasteiger partial charge in [0.2, 0.25) is 0 Å². The normalized spacial score (nSPS) is 18.4. The van der Waals surface area contributed by atoms with Gasteiger partial charge in [0, 0.05) is 11.0 Å². The van der Waals surface area contributed by atoms with Crippen LogP contribution in [0.4, 0.5) is 4.39 Å². The molecule has 110 valence electrons. The van der Waals surface area contributed by atoms with Gasteiger partial charge < -0.3 is 10.4 Å². The van der Waals surface area contributed by atoms with Gasteiger partial charge in [0.1, 0.15) is 5.82 Å². The summed E-state index contributed by atoms with van der Waals surface area (Å²) < 4.78 is 13.7. The molecule has 2 N–H and O–H groups in total. The molecule has 1 aromatic rings. The van der Waals surface area contributed by atoms with Gasteiger partial charge in [-0.2, -0.15) is 0 Å². The number of amides is 1. The first-order valence-corrected chi connectivity index (χ1v) is 7.75. The largest absolute Gasteiger partial charge is 0.388 e. The molecule has 0 aromatic heterocycles. The first-order valence-electron chi connectivity index (χ1n) is 6.96. The quantitative estimate of drug-likeness (QED) is 0.826. The number of halogens is 2. The molecule has 2 rings (SSSR count). The van der Waals surface area contributed by atoms with Crippen molar-refractivity contribution < 1.29 is 14.3 Å². The Hall–Kier alpha value is -0.940. The number of aliphatic hydroxyl groups is 1. The molecule has 0 bridgehead atoms. The van der Waals surface area contributed by atoms with Crippen molar-refractivity contribution in [2.45, 2.75) is 44.1 Å². The minimum atomic E-state index is -0.827. The van der Waals surface area contributed by atoms with Crippen molar-refractivity contribution in [2.24, 2.45) is 0 Å². The molecule has 0 saturated heterocycles. The molecule has 1 saturated carbocycles. The van der Waals surface area contributed by atoms with E-state index >= 15 is 0 Å². The Morgan fingerprint density at radius 2 is 1.95 bits per heavy atom. The second-order valence-electron chi connectivity index (χ2n) is 5.45. The summed E-state index contributed by atoms with van der Waals surface area (Å²) in [5, 5.41) is 13.2. The fourth-order valence-corrected chi connectivity index (χ4v) is 3.00. The van der Waals surface area contributed by atoms with Crippen LogP contribution in [0.25, 0.3) is 0 Å². The number of carbonyl (C=O) groups is 1. The van der Waals surface area contributed by atoms with E-state index in [0.717, 1.165) is 25.7 Å². The van der Waals surface area contributed by atoms with Crippen LogP contribution in [-0.4, -0.2) is 23.2 Å². The lowest BCUT2D eigenvalue weighted by molar-refractivity contribution is 0.0246. The first kappa shape index (κ1) is 15.4. The SMILES string of the molecule is O=C(NCC1(O)CCCCCC1)c1cc(F)ccc1Br. The first-order chi connectivity index (χ1) is 9.50. The number of carbonyl (C=O) groups excluding carboxylic acids is 1. The average molecular weight is 344 g/mol. The maximum atomic E-state index is 13.2. The summed E-state index contributed by atoms with van der Waals surface area (Å²) in [6, 6.07) is 3.99. The van der Waals surface area contributed by atoms with E-state index in [1.165, 1.54) is 18.2 Å². The molecule has 3 nitrogen and oxygen atoms in total. The minimum absolute atomic E-state index is 0.217. The summed E-state index contributed by atoms with van der Waals surface area (Å²) in [6.45, 7) is 0.217. The maximum absolute atomic E-state index is 13.2. The molecule has 0 radical (unpaired) electrons. The van der Waals surface area contributed by atoms with Gasteiger partial charge in [0.15, 0.2) is 0 Å². The second kappa shape index (κ2) is 6.68. The molecule has 1 aliphatic carbocycles. The zero-order valence-electron chi connectivity index (χ0n) is 11.3. The Labute approximate surface area is 126 Å². The predicted molar refractivity (Wildman–Crippen MR) is 79.1 cm³/mol. The zero-order chi connectivity index (χ0) is 14.6. The molecule has 5 heteroatoms. The fourth-order valence-electron chi connectivity index (χ4n) is 2.57. The molecule has 0 heterocycles. The van der Waals surface area contributed by atoms with Gasteiger partial charge in [-0.15, -0.1) is 0 Å². The van der Waals surface area contributed by atoms with Gasteiger partial charge in [0.05, 0.1) is 11.2 Å². The van der Waals surface area contributed by atoms with Crippen LogP contribution in [0.3, 0.4) is 0 Å². The molecule has 0 unspecified atom stereocenters. The van der Waals surface area contributed by atoms with Crippen molar-refractivity contribution in [3.8, 4) is 0 Å². The predicted octanol–water partition coefficient (Wildman–Crippen LogP) is 3.40. The van der Waals surface area contributed by atoms with Crippen LogP contribution in [0.15, 0.2) is 22.7 Å². The molecule has 1 fully saturated rings. The average Bonchev–Trinajstić information content (AvgIpc) is 2.64. The van der Waals surface area contributed by atoms with Gasteiger partial charge in [-0.1, -0.05) is 25.7 Å². The maximum Gasteiger partial charge on any atom is 0.252 e. The van der Waals surface area contributed by atoms with Crippen LogP contribution >= 0.6 is 15.9 Å². The van der Waals surface area contributed by atoms with Crippen molar-refractivity contribution in [2.75, 3.05) is 6.54 Å². The van der Waals surface area contributed by atoms with Crippen LogP contribution in [-0.2, 0) is 0 Å². The van der Waals surface area contributed by atoms with Gasteiger partial charge in [-0.05, 0) is 47.0 Å². The van der Waals surface area contributed by atoms with Gasteiger partial charge in [-0.25, -0.2) is 4.39 Å².